The number of benzene rings is 1. The van der Waals surface area contributed by atoms with Gasteiger partial charge in [-0.1, -0.05) is 25.0 Å². The van der Waals surface area contributed by atoms with Crippen molar-refractivity contribution in [1.29, 1.82) is 0 Å². The third-order valence-electron chi connectivity index (χ3n) is 5.05. The normalized spacial score (nSPS) is 14.8. The van der Waals surface area contributed by atoms with Gasteiger partial charge in [0.15, 0.2) is 0 Å². The number of carbonyl (C=O) groups is 2. The lowest BCUT2D eigenvalue weighted by Gasteiger charge is -2.18. The zero-order valence-electron chi connectivity index (χ0n) is 15.0. The second-order valence-electron chi connectivity index (χ2n) is 6.68. The van der Waals surface area contributed by atoms with Crippen LogP contribution < -0.4 is 5.32 Å². The summed E-state index contributed by atoms with van der Waals surface area (Å²) in [6.07, 6.45) is 5.16. The number of nitrogens with one attached hydrogen (secondary N) is 1. The van der Waals surface area contributed by atoms with Gasteiger partial charge in [0.25, 0.3) is 5.91 Å². The maximum atomic E-state index is 12.8. The van der Waals surface area contributed by atoms with Crippen LogP contribution in [0.2, 0.25) is 0 Å². The fraction of sp³-hybridized carbons (Fsp3) is 0.500. The Bertz CT molecular complexity index is 755. The molecule has 2 amide bonds. The summed E-state index contributed by atoms with van der Waals surface area (Å²) in [5.74, 6) is 0.467. The smallest absolute Gasteiger partial charge is 0.291 e. The molecule has 1 fully saturated rings. The predicted octanol–water partition coefficient (Wildman–Crippen LogP) is 4.43. The molecule has 0 unspecified atom stereocenters. The molecule has 0 spiro atoms. The van der Waals surface area contributed by atoms with Gasteiger partial charge in [-0.25, -0.2) is 0 Å². The molecule has 1 aromatic heterocycles. The SMILES string of the molecule is CCN(CC)C(=O)c1oc2ccccc2c1NC(=O)CC1CCCC1. The molecule has 5 heteroatoms. The lowest BCUT2D eigenvalue weighted by Crippen LogP contribution is -2.31. The molecule has 1 aliphatic carbocycles. The van der Waals surface area contributed by atoms with E-state index in [0.29, 0.717) is 36.7 Å². The molecular formula is C20H26N2O3. The molecule has 134 valence electrons. The summed E-state index contributed by atoms with van der Waals surface area (Å²) >= 11 is 0. The van der Waals surface area contributed by atoms with Crippen molar-refractivity contribution in [1.82, 2.24) is 4.90 Å². The number of hydrogen-bond donors (Lipinski definition) is 1. The Labute approximate surface area is 148 Å². The van der Waals surface area contributed by atoms with E-state index in [4.69, 9.17) is 4.42 Å². The van der Waals surface area contributed by atoms with Gasteiger partial charge in [0, 0.05) is 24.9 Å². The molecule has 0 saturated heterocycles. The van der Waals surface area contributed by atoms with Gasteiger partial charge in [-0.2, -0.15) is 0 Å². The minimum atomic E-state index is -0.183. The number of fused-ring (bicyclic) bond motifs is 1. The van der Waals surface area contributed by atoms with Gasteiger partial charge in [0.1, 0.15) is 11.3 Å². The number of amides is 2. The van der Waals surface area contributed by atoms with Crippen LogP contribution in [-0.4, -0.2) is 29.8 Å². The van der Waals surface area contributed by atoms with Crippen molar-refractivity contribution >= 4 is 28.5 Å². The van der Waals surface area contributed by atoms with Crippen molar-refractivity contribution < 1.29 is 14.0 Å². The fourth-order valence-corrected chi connectivity index (χ4v) is 3.64. The van der Waals surface area contributed by atoms with Crippen LogP contribution in [0.1, 0.15) is 56.5 Å². The van der Waals surface area contributed by atoms with Crippen LogP contribution in [0.15, 0.2) is 28.7 Å². The Morgan fingerprint density at radius 1 is 1.16 bits per heavy atom. The fourth-order valence-electron chi connectivity index (χ4n) is 3.64. The van der Waals surface area contributed by atoms with E-state index in [9.17, 15) is 9.59 Å². The Balaban J connectivity index is 1.90. The highest BCUT2D eigenvalue weighted by Crippen LogP contribution is 2.33. The van der Waals surface area contributed by atoms with Crippen molar-refractivity contribution in [3.8, 4) is 0 Å². The first kappa shape index (κ1) is 17.5. The molecule has 5 nitrogen and oxygen atoms in total. The van der Waals surface area contributed by atoms with Gasteiger partial charge in [0.05, 0.1) is 0 Å². The highest BCUT2D eigenvalue weighted by molar-refractivity contribution is 6.10. The Hall–Kier alpha value is -2.30. The number of furan rings is 1. The van der Waals surface area contributed by atoms with Crippen LogP contribution in [0.4, 0.5) is 5.69 Å². The van der Waals surface area contributed by atoms with E-state index in [1.54, 1.807) is 4.90 Å². The number of rotatable bonds is 6. The van der Waals surface area contributed by atoms with Gasteiger partial charge >= 0.3 is 0 Å². The molecule has 1 aliphatic rings. The minimum Gasteiger partial charge on any atom is -0.449 e. The van der Waals surface area contributed by atoms with Gasteiger partial charge in [-0.3, -0.25) is 9.59 Å². The third kappa shape index (κ3) is 3.70. The summed E-state index contributed by atoms with van der Waals surface area (Å²) in [6.45, 7) is 5.06. The van der Waals surface area contributed by atoms with E-state index in [1.807, 2.05) is 38.1 Å². The molecule has 1 saturated carbocycles. The molecule has 0 aliphatic heterocycles. The van der Waals surface area contributed by atoms with Crippen molar-refractivity contribution in [3.05, 3.63) is 30.0 Å². The van der Waals surface area contributed by atoms with Crippen LogP contribution in [0.3, 0.4) is 0 Å². The molecule has 3 rings (SSSR count). The van der Waals surface area contributed by atoms with Gasteiger partial charge in [0.2, 0.25) is 11.7 Å². The standard InChI is InChI=1S/C20H26N2O3/c1-3-22(4-2)20(24)19-18(15-11-7-8-12-16(15)25-19)21-17(23)13-14-9-5-6-10-14/h7-8,11-12,14H,3-6,9-10,13H2,1-2H3,(H,21,23). The molecule has 1 heterocycles. The monoisotopic (exact) mass is 342 g/mol. The largest absolute Gasteiger partial charge is 0.449 e. The first-order valence-electron chi connectivity index (χ1n) is 9.24. The Kier molecular flexibility index (Phi) is 5.41. The molecule has 0 atom stereocenters. The maximum Gasteiger partial charge on any atom is 0.291 e. The molecule has 1 N–H and O–H groups in total. The number of para-hydroxylation sites is 1. The van der Waals surface area contributed by atoms with Gasteiger partial charge < -0.3 is 14.6 Å². The second-order valence-corrected chi connectivity index (χ2v) is 6.68. The highest BCUT2D eigenvalue weighted by Gasteiger charge is 2.26. The second kappa shape index (κ2) is 7.72. The summed E-state index contributed by atoms with van der Waals surface area (Å²) in [5.41, 5.74) is 1.13. The molecule has 0 bridgehead atoms. The van der Waals surface area contributed by atoms with E-state index in [1.165, 1.54) is 12.8 Å². The first-order chi connectivity index (χ1) is 12.1. The van der Waals surface area contributed by atoms with Crippen LogP contribution in [-0.2, 0) is 4.79 Å². The van der Waals surface area contributed by atoms with Crippen LogP contribution in [0.5, 0.6) is 0 Å². The Morgan fingerprint density at radius 3 is 2.52 bits per heavy atom. The maximum absolute atomic E-state index is 12.8. The molecular weight excluding hydrogens is 316 g/mol. The minimum absolute atomic E-state index is 0.0351. The predicted molar refractivity (Wildman–Crippen MR) is 98.7 cm³/mol. The summed E-state index contributed by atoms with van der Waals surface area (Å²) in [7, 11) is 0. The lowest BCUT2D eigenvalue weighted by atomic mass is 10.0. The molecule has 0 radical (unpaired) electrons. The quantitative estimate of drug-likeness (QED) is 0.844. The van der Waals surface area contributed by atoms with E-state index >= 15 is 0 Å². The Morgan fingerprint density at radius 2 is 1.84 bits per heavy atom. The molecule has 1 aromatic carbocycles. The summed E-state index contributed by atoms with van der Waals surface area (Å²) < 4.78 is 5.81. The van der Waals surface area contributed by atoms with E-state index in [2.05, 4.69) is 5.32 Å². The zero-order chi connectivity index (χ0) is 17.8. The van der Waals surface area contributed by atoms with Crippen molar-refractivity contribution in [2.45, 2.75) is 46.0 Å². The lowest BCUT2D eigenvalue weighted by molar-refractivity contribution is -0.117. The van der Waals surface area contributed by atoms with Crippen molar-refractivity contribution in [2.75, 3.05) is 18.4 Å². The van der Waals surface area contributed by atoms with Crippen LogP contribution in [0, 0.1) is 5.92 Å². The van der Waals surface area contributed by atoms with Crippen molar-refractivity contribution in [3.63, 3.8) is 0 Å². The average Bonchev–Trinajstić information content (AvgIpc) is 3.24. The topological polar surface area (TPSA) is 62.6 Å². The number of nitrogens with zero attached hydrogens (tertiary/aromatic N) is 1. The summed E-state index contributed by atoms with van der Waals surface area (Å²) in [6, 6.07) is 7.45. The average molecular weight is 342 g/mol. The third-order valence-corrected chi connectivity index (χ3v) is 5.05. The van der Waals surface area contributed by atoms with Crippen LogP contribution in [0.25, 0.3) is 11.0 Å². The van der Waals surface area contributed by atoms with E-state index < -0.39 is 0 Å². The van der Waals surface area contributed by atoms with Crippen LogP contribution >= 0.6 is 0 Å². The zero-order valence-corrected chi connectivity index (χ0v) is 15.0. The van der Waals surface area contributed by atoms with Crippen molar-refractivity contribution in [2.24, 2.45) is 5.92 Å². The highest BCUT2D eigenvalue weighted by atomic mass is 16.3. The number of anilines is 1. The summed E-state index contributed by atoms with van der Waals surface area (Å²) in [4.78, 5) is 27.0. The number of hydrogen-bond acceptors (Lipinski definition) is 3. The summed E-state index contributed by atoms with van der Waals surface area (Å²) in [5, 5.41) is 3.74. The molecule has 25 heavy (non-hydrogen) atoms. The van der Waals surface area contributed by atoms with E-state index in [-0.39, 0.29) is 17.6 Å². The first-order valence-corrected chi connectivity index (χ1v) is 9.24. The van der Waals surface area contributed by atoms with Gasteiger partial charge in [-0.05, 0) is 44.7 Å². The number of carbonyl (C=O) groups excluding carboxylic acids is 2. The molecule has 2 aromatic rings. The van der Waals surface area contributed by atoms with Gasteiger partial charge in [-0.15, -0.1) is 0 Å². The van der Waals surface area contributed by atoms with E-state index in [0.717, 1.165) is 18.2 Å².